The van der Waals surface area contributed by atoms with Gasteiger partial charge in [0.1, 0.15) is 0 Å². The van der Waals surface area contributed by atoms with Crippen LogP contribution >= 0.6 is 34.8 Å². The van der Waals surface area contributed by atoms with Gasteiger partial charge in [0.15, 0.2) is 0 Å². The minimum Gasteiger partial charge on any atom is -0.345 e. The van der Waals surface area contributed by atoms with E-state index in [-0.39, 0.29) is 5.11 Å². The minimum absolute atomic E-state index is 0.250. The third-order valence-electron chi connectivity index (χ3n) is 0.309. The van der Waals surface area contributed by atoms with Crippen molar-refractivity contribution in [3.63, 3.8) is 0 Å². The van der Waals surface area contributed by atoms with Crippen molar-refractivity contribution in [3.05, 3.63) is 0 Å². The molecule has 5 N–H and O–H groups in total. The van der Waals surface area contributed by atoms with E-state index >= 15 is 0 Å². The van der Waals surface area contributed by atoms with E-state index in [0.29, 0.717) is 0 Å². The molecule has 0 aliphatic carbocycles. The van der Waals surface area contributed by atoms with Gasteiger partial charge in [-0.3, -0.25) is 0 Å². The summed E-state index contributed by atoms with van der Waals surface area (Å²) in [4.78, 5) is 0. The van der Waals surface area contributed by atoms with Crippen molar-refractivity contribution in [2.45, 2.75) is 13.8 Å². The Morgan fingerprint density at radius 1 is 1.78 bits per heavy atom. The van der Waals surface area contributed by atoms with E-state index in [1.165, 1.54) is 4.43 Å². The molecule has 0 aromatic heterocycles. The second-order valence-corrected chi connectivity index (χ2v) is 3.42. The zero-order valence-corrected chi connectivity index (χ0v) is 8.83. The molecule has 0 spiro atoms. The topological polar surface area (TPSA) is 53.7 Å². The first-order valence-corrected chi connectivity index (χ1v) is 4.61. The maximum Gasteiger partial charge on any atom is 0.262 e. The Labute approximate surface area is 75.5 Å². The summed E-state index contributed by atoms with van der Waals surface area (Å²) in [6, 6.07) is 0. The molecule has 0 unspecified atom stereocenters. The molecular formula is C5H14IN2S+. The van der Waals surface area contributed by atoms with Gasteiger partial charge in [0, 0.05) is 16.6 Å². The lowest BCUT2D eigenvalue weighted by atomic mass is 10.3. The van der Waals surface area contributed by atoms with E-state index < -0.39 is 0 Å². The van der Waals surface area contributed by atoms with Gasteiger partial charge in [-0.1, -0.05) is 36.4 Å². The maximum absolute atomic E-state index is 4.73. The van der Waals surface area contributed by atoms with Crippen LogP contribution in [0, 0.1) is 5.92 Å². The van der Waals surface area contributed by atoms with E-state index in [2.05, 4.69) is 54.4 Å². The smallest absolute Gasteiger partial charge is 0.262 e. The largest absolute Gasteiger partial charge is 0.345 e. The van der Waals surface area contributed by atoms with E-state index in [0.717, 1.165) is 5.92 Å². The van der Waals surface area contributed by atoms with Crippen molar-refractivity contribution in [2.24, 2.45) is 11.7 Å². The molecule has 56 valence electrons. The zero-order valence-electron chi connectivity index (χ0n) is 5.86. The normalized spacial score (nSPS) is 8.11. The Hall–Kier alpha value is 0.580. The number of quaternary nitrogens is 1. The van der Waals surface area contributed by atoms with Crippen molar-refractivity contribution >= 4 is 39.9 Å². The lowest BCUT2D eigenvalue weighted by molar-refractivity contribution is -0.210. The molecule has 0 rings (SSSR count). The van der Waals surface area contributed by atoms with E-state index in [1.807, 2.05) is 0 Å². The summed E-state index contributed by atoms with van der Waals surface area (Å²) < 4.78 is 1.28. The number of hydrogen-bond acceptors (Lipinski definition) is 1. The number of rotatable bonds is 1. The predicted molar refractivity (Wildman–Crippen MR) is 53.4 cm³/mol. The van der Waals surface area contributed by atoms with Crippen LogP contribution in [-0.2, 0) is 0 Å². The Morgan fingerprint density at radius 2 is 1.89 bits per heavy atom. The monoisotopic (exact) mass is 261 g/mol. The number of halogens is 1. The van der Waals surface area contributed by atoms with Crippen LogP contribution in [0.15, 0.2) is 0 Å². The van der Waals surface area contributed by atoms with E-state index in [4.69, 9.17) is 5.73 Å². The molecule has 0 bridgehead atoms. The average molecular weight is 261 g/mol. The highest BCUT2D eigenvalue weighted by molar-refractivity contribution is 14.1. The zero-order chi connectivity index (χ0) is 7.86. The van der Waals surface area contributed by atoms with Crippen LogP contribution in [0.5, 0.6) is 0 Å². The highest BCUT2D eigenvalue weighted by atomic mass is 127. The van der Waals surface area contributed by atoms with Gasteiger partial charge in [-0.2, -0.15) is 0 Å². The molecule has 0 fully saturated rings. The summed E-state index contributed by atoms with van der Waals surface area (Å²) >= 11 is 6.58. The summed E-state index contributed by atoms with van der Waals surface area (Å²) in [5.41, 5.74) is 7.88. The van der Waals surface area contributed by atoms with Crippen LogP contribution in [0.2, 0.25) is 0 Å². The van der Waals surface area contributed by atoms with Gasteiger partial charge < -0.3 is 11.5 Å². The molecule has 9 heavy (non-hydrogen) atoms. The summed E-state index contributed by atoms with van der Waals surface area (Å²) in [6.45, 7) is 4.43. The average Bonchev–Trinajstić information content (AvgIpc) is 1.65. The number of nitrogens with two attached hydrogens (primary N) is 1. The molecule has 0 heterocycles. The number of thiocarbonyl (C=S) groups is 1. The number of hydrogen-bond donors (Lipinski definition) is 2. The molecule has 0 radical (unpaired) electrons. The van der Waals surface area contributed by atoms with Gasteiger partial charge in [-0.05, 0) is 5.92 Å². The van der Waals surface area contributed by atoms with Gasteiger partial charge in [0.25, 0.3) is 5.11 Å². The molecule has 0 saturated carbocycles. The second-order valence-electron chi connectivity index (χ2n) is 2.01. The highest BCUT2D eigenvalue weighted by Gasteiger charge is 1.81. The van der Waals surface area contributed by atoms with Crippen LogP contribution in [-0.4, -0.2) is 9.54 Å². The van der Waals surface area contributed by atoms with Crippen LogP contribution in [0.3, 0.4) is 0 Å². The van der Waals surface area contributed by atoms with Crippen LogP contribution in [0.1, 0.15) is 13.8 Å². The first-order valence-electron chi connectivity index (χ1n) is 2.68. The third kappa shape index (κ3) is 55.8. The molecular weight excluding hydrogens is 247 g/mol. The van der Waals surface area contributed by atoms with Crippen molar-refractivity contribution in [2.75, 3.05) is 4.43 Å². The fraction of sp³-hybridized carbons (Fsp3) is 0.800. The van der Waals surface area contributed by atoms with Gasteiger partial charge in [0.2, 0.25) is 0 Å². The van der Waals surface area contributed by atoms with Gasteiger partial charge in [-0.15, -0.1) is 0 Å². The van der Waals surface area contributed by atoms with Gasteiger partial charge in [-0.25, -0.2) is 0 Å². The van der Waals surface area contributed by atoms with Crippen molar-refractivity contribution in [1.82, 2.24) is 0 Å². The third-order valence-corrected chi connectivity index (χ3v) is 2.07. The standard InChI is InChI=1S/C4H9I.CH4N2S/c1-4(2)3-5;2-1(3)4/h4H,3H2,1-2H3;(H4,2,3,4)/p+1. The van der Waals surface area contributed by atoms with Crippen molar-refractivity contribution < 1.29 is 5.73 Å². The second kappa shape index (κ2) is 8.58. The molecule has 0 aliphatic rings. The number of alkyl halides is 1. The predicted octanol–water partition coefficient (Wildman–Crippen LogP) is 0.549. The van der Waals surface area contributed by atoms with Crippen LogP contribution in [0.4, 0.5) is 0 Å². The van der Waals surface area contributed by atoms with Crippen molar-refractivity contribution in [1.29, 1.82) is 0 Å². The Kier molecular flexibility index (Phi) is 11.7. The summed E-state index contributed by atoms with van der Waals surface area (Å²) in [7, 11) is 0. The molecule has 0 aliphatic heterocycles. The fourth-order valence-corrected chi connectivity index (χ4v) is 0. The van der Waals surface area contributed by atoms with Crippen LogP contribution < -0.4 is 11.5 Å². The SMILES string of the molecule is CC(C)CI.NC([NH3+])=S. The minimum atomic E-state index is 0.250. The lowest BCUT2D eigenvalue weighted by Gasteiger charge is -1.88. The Balaban J connectivity index is 0. The summed E-state index contributed by atoms with van der Waals surface area (Å²) in [5, 5.41) is 0.250. The molecule has 2 nitrogen and oxygen atoms in total. The summed E-state index contributed by atoms with van der Waals surface area (Å²) in [5.74, 6) is 0.871. The lowest BCUT2D eigenvalue weighted by Crippen LogP contribution is -2.60. The summed E-state index contributed by atoms with van der Waals surface area (Å²) in [6.07, 6.45) is 0. The first-order chi connectivity index (χ1) is 4.00. The quantitative estimate of drug-likeness (QED) is 0.411. The van der Waals surface area contributed by atoms with Gasteiger partial charge in [0.05, 0.1) is 0 Å². The maximum atomic E-state index is 4.73. The van der Waals surface area contributed by atoms with E-state index in [9.17, 15) is 0 Å². The first kappa shape index (κ1) is 12.3. The van der Waals surface area contributed by atoms with Crippen molar-refractivity contribution in [3.8, 4) is 0 Å². The Bertz CT molecular complexity index is 71.4. The van der Waals surface area contributed by atoms with Gasteiger partial charge >= 0.3 is 0 Å². The highest BCUT2D eigenvalue weighted by Crippen LogP contribution is 1.95. The molecule has 4 heteroatoms. The molecule has 0 atom stereocenters. The van der Waals surface area contributed by atoms with E-state index in [1.54, 1.807) is 0 Å². The molecule has 0 aromatic rings. The molecule has 0 aromatic carbocycles. The Morgan fingerprint density at radius 3 is 1.89 bits per heavy atom. The molecule has 0 amide bonds. The van der Waals surface area contributed by atoms with Crippen LogP contribution in [0.25, 0.3) is 0 Å². The molecule has 0 saturated heterocycles. The fourth-order valence-electron chi connectivity index (χ4n) is 0.